The van der Waals surface area contributed by atoms with E-state index in [1.54, 1.807) is 0 Å². The third-order valence-electron chi connectivity index (χ3n) is 2.84. The lowest BCUT2D eigenvalue weighted by Gasteiger charge is -2.39. The molecule has 0 aliphatic carbocycles. The Morgan fingerprint density at radius 3 is 2.58 bits per heavy atom. The highest BCUT2D eigenvalue weighted by Crippen LogP contribution is 2.32. The molecule has 1 heterocycles. The second-order valence-corrected chi connectivity index (χ2v) is 4.57. The lowest BCUT2D eigenvalue weighted by molar-refractivity contribution is -0.245. The molecule has 1 rings (SSSR count). The van der Waals surface area contributed by atoms with Crippen LogP contribution in [0.4, 0.5) is 0 Å². The first-order chi connectivity index (χ1) is 8.70. The second kappa shape index (κ2) is 5.74. The van der Waals surface area contributed by atoms with E-state index in [1.807, 2.05) is 0 Å². The number of carboxylic acids is 1. The molecule has 0 amide bonds. The maximum atomic E-state index is 10.5. The minimum atomic E-state index is -1.95. The minimum absolute atomic E-state index is 0.325. The quantitative estimate of drug-likeness (QED) is 0.460. The van der Waals surface area contributed by atoms with Gasteiger partial charge in [0.25, 0.3) is 0 Å². The Kier molecular flexibility index (Phi) is 4.75. The summed E-state index contributed by atoms with van der Waals surface area (Å²) in [4.78, 5) is 10.5. The van der Waals surface area contributed by atoms with Gasteiger partial charge in [-0.3, -0.25) is 4.79 Å². The highest BCUT2D eigenvalue weighted by Gasteiger charge is 2.47. The van der Waals surface area contributed by atoms with E-state index in [1.165, 1.54) is 6.92 Å². The number of aliphatic carboxylic acids is 1. The summed E-state index contributed by atoms with van der Waals surface area (Å²) in [5, 5.41) is 46.9. The first kappa shape index (κ1) is 15.7. The largest absolute Gasteiger partial charge is 0.506 e. The van der Waals surface area contributed by atoms with Gasteiger partial charge in [-0.1, -0.05) is 0 Å². The molecule has 5 N–H and O–H groups in total. The fraction of sp³-hybridized carbons (Fsp3) is 0.727. The van der Waals surface area contributed by atoms with Crippen LogP contribution in [0, 0.1) is 0 Å². The molecule has 8 nitrogen and oxygen atoms in total. The molecule has 2 unspecified atom stereocenters. The predicted octanol–water partition coefficient (Wildman–Crippen LogP) is -0.338. The number of carbonyl (C=O) groups is 1. The Hall–Kier alpha value is -1.35. The van der Waals surface area contributed by atoms with Crippen molar-refractivity contribution in [3.63, 3.8) is 0 Å². The number of rotatable bonds is 5. The number of carboxylic acid groups (broad SMARTS) is 1. The number of ether oxygens (including phenoxy) is 2. The van der Waals surface area contributed by atoms with Crippen molar-refractivity contribution in [1.29, 1.82) is 0 Å². The van der Waals surface area contributed by atoms with Crippen molar-refractivity contribution in [3.05, 3.63) is 11.5 Å². The Morgan fingerprint density at radius 2 is 2.11 bits per heavy atom. The van der Waals surface area contributed by atoms with E-state index in [0.29, 0.717) is 0 Å². The van der Waals surface area contributed by atoms with Crippen molar-refractivity contribution in [3.8, 4) is 0 Å². The van der Waals surface area contributed by atoms with Crippen LogP contribution in [-0.4, -0.2) is 62.2 Å². The van der Waals surface area contributed by atoms with Gasteiger partial charge in [-0.05, 0) is 13.8 Å². The summed E-state index contributed by atoms with van der Waals surface area (Å²) in [5.74, 6) is -2.61. The topological polar surface area (TPSA) is 137 Å². The van der Waals surface area contributed by atoms with Gasteiger partial charge >= 0.3 is 5.97 Å². The zero-order valence-electron chi connectivity index (χ0n) is 10.6. The molecule has 0 aromatic heterocycles. The molecular formula is C11H18O8. The number of hydrogen-bond donors (Lipinski definition) is 5. The number of aliphatic hydroxyl groups excluding tert-OH is 3. The van der Waals surface area contributed by atoms with Gasteiger partial charge in [0.2, 0.25) is 6.29 Å². The summed E-state index contributed by atoms with van der Waals surface area (Å²) in [6.45, 7) is 2.00. The van der Waals surface area contributed by atoms with Crippen LogP contribution in [0.5, 0.6) is 0 Å². The number of aliphatic hydroxyl groups is 4. The molecule has 0 aromatic carbocycles. The van der Waals surface area contributed by atoms with Gasteiger partial charge in [-0.25, -0.2) is 0 Å². The molecule has 0 fully saturated rings. The third kappa shape index (κ3) is 3.35. The van der Waals surface area contributed by atoms with Crippen LogP contribution in [-0.2, 0) is 14.3 Å². The molecule has 0 bridgehead atoms. The third-order valence-corrected chi connectivity index (χ3v) is 2.84. The normalized spacial score (nSPS) is 33.3. The monoisotopic (exact) mass is 278 g/mol. The van der Waals surface area contributed by atoms with Crippen LogP contribution in [0.3, 0.4) is 0 Å². The van der Waals surface area contributed by atoms with Gasteiger partial charge in [0.15, 0.2) is 17.1 Å². The molecule has 0 radical (unpaired) electrons. The van der Waals surface area contributed by atoms with Crippen molar-refractivity contribution in [2.45, 2.75) is 44.4 Å². The van der Waals surface area contributed by atoms with E-state index in [4.69, 9.17) is 19.7 Å². The fourth-order valence-corrected chi connectivity index (χ4v) is 1.69. The Morgan fingerprint density at radius 1 is 1.53 bits per heavy atom. The van der Waals surface area contributed by atoms with E-state index in [2.05, 4.69) is 0 Å². The zero-order valence-corrected chi connectivity index (χ0v) is 10.6. The smallest absolute Gasteiger partial charge is 0.305 e. The SMILES string of the molecule is CC(CC(=O)O)O[C@H]1OC(CO)[C@](C)(O)C(O)=C1O. The highest BCUT2D eigenvalue weighted by atomic mass is 16.7. The fourth-order valence-electron chi connectivity index (χ4n) is 1.69. The highest BCUT2D eigenvalue weighted by molar-refractivity contribution is 5.67. The van der Waals surface area contributed by atoms with Crippen LogP contribution in [0.25, 0.3) is 0 Å². The maximum Gasteiger partial charge on any atom is 0.305 e. The molecule has 1 aliphatic heterocycles. The van der Waals surface area contributed by atoms with Gasteiger partial charge in [0.05, 0.1) is 19.1 Å². The molecule has 19 heavy (non-hydrogen) atoms. The Balaban J connectivity index is 2.86. The van der Waals surface area contributed by atoms with E-state index in [0.717, 1.165) is 6.92 Å². The average molecular weight is 278 g/mol. The Labute approximate surface area is 109 Å². The molecule has 0 spiro atoms. The first-order valence-corrected chi connectivity index (χ1v) is 5.68. The molecule has 0 aromatic rings. The zero-order chi connectivity index (χ0) is 14.8. The molecule has 4 atom stereocenters. The Bertz CT molecular complexity index is 375. The molecule has 0 saturated heterocycles. The van der Waals surface area contributed by atoms with Crippen molar-refractivity contribution in [1.82, 2.24) is 0 Å². The first-order valence-electron chi connectivity index (χ1n) is 5.68. The van der Waals surface area contributed by atoms with Crippen molar-refractivity contribution in [2.75, 3.05) is 6.61 Å². The molecule has 110 valence electrons. The van der Waals surface area contributed by atoms with Crippen molar-refractivity contribution < 1.29 is 39.8 Å². The summed E-state index contributed by atoms with van der Waals surface area (Å²) in [7, 11) is 0. The summed E-state index contributed by atoms with van der Waals surface area (Å²) < 4.78 is 10.2. The summed E-state index contributed by atoms with van der Waals surface area (Å²) in [5.41, 5.74) is -1.95. The summed E-state index contributed by atoms with van der Waals surface area (Å²) in [6.07, 6.45) is -3.76. The van der Waals surface area contributed by atoms with Crippen LogP contribution in [0.15, 0.2) is 11.5 Å². The summed E-state index contributed by atoms with van der Waals surface area (Å²) in [6, 6.07) is 0. The lowest BCUT2D eigenvalue weighted by Crippen LogP contribution is -2.52. The van der Waals surface area contributed by atoms with Gasteiger partial charge < -0.3 is 35.0 Å². The lowest BCUT2D eigenvalue weighted by atomic mass is 9.93. The second-order valence-electron chi connectivity index (χ2n) is 4.57. The van der Waals surface area contributed by atoms with Crippen LogP contribution in [0.1, 0.15) is 20.3 Å². The number of hydrogen-bond acceptors (Lipinski definition) is 7. The van der Waals surface area contributed by atoms with Gasteiger partial charge in [-0.15, -0.1) is 0 Å². The van der Waals surface area contributed by atoms with E-state index >= 15 is 0 Å². The van der Waals surface area contributed by atoms with E-state index in [-0.39, 0.29) is 6.42 Å². The van der Waals surface area contributed by atoms with Crippen molar-refractivity contribution in [2.24, 2.45) is 0 Å². The molecule has 0 saturated carbocycles. The maximum absolute atomic E-state index is 10.5. The summed E-state index contributed by atoms with van der Waals surface area (Å²) >= 11 is 0. The molecule has 8 heteroatoms. The molecular weight excluding hydrogens is 260 g/mol. The van der Waals surface area contributed by atoms with Gasteiger partial charge in [-0.2, -0.15) is 0 Å². The van der Waals surface area contributed by atoms with Crippen LogP contribution in [0.2, 0.25) is 0 Å². The molecule has 1 aliphatic rings. The van der Waals surface area contributed by atoms with Crippen LogP contribution >= 0.6 is 0 Å². The standard InChI is InChI=1S/C11H18O8/c1-5(3-7(13)14)18-10-8(15)9(16)11(2,17)6(4-12)19-10/h5-6,10,12,15-17H,3-4H2,1-2H3,(H,13,14)/t5?,6?,10-,11-/m0/s1. The van der Waals surface area contributed by atoms with E-state index in [9.17, 15) is 20.1 Å². The average Bonchev–Trinajstić information content (AvgIpc) is 2.29. The van der Waals surface area contributed by atoms with Crippen LogP contribution < -0.4 is 0 Å². The van der Waals surface area contributed by atoms with E-state index < -0.39 is 48.2 Å². The van der Waals surface area contributed by atoms with Crippen molar-refractivity contribution >= 4 is 5.97 Å². The predicted molar refractivity (Wildman–Crippen MR) is 61.5 cm³/mol. The van der Waals surface area contributed by atoms with Gasteiger partial charge in [0.1, 0.15) is 6.10 Å². The van der Waals surface area contributed by atoms with Gasteiger partial charge in [0, 0.05) is 0 Å². The minimum Gasteiger partial charge on any atom is -0.506 e.